The van der Waals surface area contributed by atoms with E-state index in [-0.39, 0.29) is 11.4 Å². The smallest absolute Gasteiger partial charge is 0.150 e. The Morgan fingerprint density at radius 1 is 1.33 bits per heavy atom. The van der Waals surface area contributed by atoms with Gasteiger partial charge in [-0.05, 0) is 30.9 Å². The molecule has 2 nitrogen and oxygen atoms in total. The first-order valence-electron chi connectivity index (χ1n) is 5.21. The van der Waals surface area contributed by atoms with Crippen molar-refractivity contribution >= 4 is 10.9 Å². The second-order valence-corrected chi connectivity index (χ2v) is 4.52. The minimum Gasteiger partial charge on any atom is -0.359 e. The molecule has 1 saturated carbocycles. The molecule has 1 aliphatic carbocycles. The molecule has 1 aliphatic rings. The molecule has 3 rings (SSSR count). The van der Waals surface area contributed by atoms with Gasteiger partial charge in [-0.25, -0.2) is 4.39 Å². The summed E-state index contributed by atoms with van der Waals surface area (Å²) in [6.45, 7) is 0. The summed E-state index contributed by atoms with van der Waals surface area (Å²) in [6.07, 6.45) is 4.42. The zero-order valence-corrected chi connectivity index (χ0v) is 8.39. The maximum Gasteiger partial charge on any atom is 0.150 e. The summed E-state index contributed by atoms with van der Waals surface area (Å²) in [5, 5.41) is 0.915. The van der Waals surface area contributed by atoms with Crippen molar-refractivity contribution in [2.24, 2.45) is 5.73 Å². The third kappa shape index (κ3) is 1.43. The number of aromatic amines is 1. The average molecular weight is 204 g/mol. The molecule has 1 aromatic heterocycles. The standard InChI is InChI=1S/C12H13FN2/c13-10-9(7-12(14)4-5-12)2-1-8-3-6-15-11(8)10/h1-3,6,15H,4-5,7,14H2. The van der Waals surface area contributed by atoms with Crippen molar-refractivity contribution in [2.75, 3.05) is 0 Å². The van der Waals surface area contributed by atoms with Crippen molar-refractivity contribution in [3.63, 3.8) is 0 Å². The van der Waals surface area contributed by atoms with Gasteiger partial charge in [0.15, 0.2) is 0 Å². The van der Waals surface area contributed by atoms with E-state index in [2.05, 4.69) is 4.98 Å². The molecule has 1 aromatic carbocycles. The first kappa shape index (κ1) is 8.92. The van der Waals surface area contributed by atoms with Gasteiger partial charge in [0.05, 0.1) is 5.52 Å². The number of halogens is 1. The Bertz CT molecular complexity index is 511. The van der Waals surface area contributed by atoms with Gasteiger partial charge in [0.2, 0.25) is 0 Å². The Morgan fingerprint density at radius 2 is 2.13 bits per heavy atom. The topological polar surface area (TPSA) is 41.8 Å². The number of hydrogen-bond acceptors (Lipinski definition) is 1. The molecule has 0 radical (unpaired) electrons. The van der Waals surface area contributed by atoms with Crippen LogP contribution < -0.4 is 5.73 Å². The van der Waals surface area contributed by atoms with Gasteiger partial charge in [-0.1, -0.05) is 12.1 Å². The Kier molecular flexibility index (Phi) is 1.68. The van der Waals surface area contributed by atoms with E-state index in [0.29, 0.717) is 11.9 Å². The van der Waals surface area contributed by atoms with E-state index in [4.69, 9.17) is 5.73 Å². The summed E-state index contributed by atoms with van der Waals surface area (Å²) in [6, 6.07) is 5.66. The highest BCUT2D eigenvalue weighted by molar-refractivity contribution is 5.80. The van der Waals surface area contributed by atoms with Crippen LogP contribution in [0.4, 0.5) is 4.39 Å². The van der Waals surface area contributed by atoms with Crippen LogP contribution in [0, 0.1) is 5.82 Å². The van der Waals surface area contributed by atoms with Gasteiger partial charge < -0.3 is 10.7 Å². The van der Waals surface area contributed by atoms with Gasteiger partial charge in [-0.15, -0.1) is 0 Å². The lowest BCUT2D eigenvalue weighted by Crippen LogP contribution is -2.25. The highest BCUT2D eigenvalue weighted by Crippen LogP contribution is 2.36. The molecule has 3 heteroatoms. The third-order valence-electron chi connectivity index (χ3n) is 3.18. The van der Waals surface area contributed by atoms with E-state index in [0.717, 1.165) is 23.8 Å². The molecule has 0 bridgehead atoms. The van der Waals surface area contributed by atoms with Crippen LogP contribution in [-0.2, 0) is 6.42 Å². The molecule has 3 N–H and O–H groups in total. The van der Waals surface area contributed by atoms with Gasteiger partial charge in [0.1, 0.15) is 5.82 Å². The van der Waals surface area contributed by atoms with Crippen LogP contribution in [0.15, 0.2) is 24.4 Å². The van der Waals surface area contributed by atoms with Gasteiger partial charge in [-0.2, -0.15) is 0 Å². The van der Waals surface area contributed by atoms with E-state index in [1.165, 1.54) is 0 Å². The molecular formula is C12H13FN2. The van der Waals surface area contributed by atoms with E-state index in [9.17, 15) is 4.39 Å². The molecule has 0 aliphatic heterocycles. The van der Waals surface area contributed by atoms with Gasteiger partial charge in [0, 0.05) is 17.1 Å². The zero-order chi connectivity index (χ0) is 10.5. The largest absolute Gasteiger partial charge is 0.359 e. The predicted octanol–water partition coefficient (Wildman–Crippen LogP) is 2.34. The summed E-state index contributed by atoms with van der Waals surface area (Å²) >= 11 is 0. The van der Waals surface area contributed by atoms with E-state index >= 15 is 0 Å². The van der Waals surface area contributed by atoms with Crippen LogP contribution in [0.2, 0.25) is 0 Å². The Hall–Kier alpha value is -1.35. The lowest BCUT2D eigenvalue weighted by Gasteiger charge is -2.09. The maximum absolute atomic E-state index is 14.0. The van der Waals surface area contributed by atoms with Crippen LogP contribution in [0.25, 0.3) is 10.9 Å². The predicted molar refractivity (Wildman–Crippen MR) is 58.1 cm³/mol. The van der Waals surface area contributed by atoms with Gasteiger partial charge >= 0.3 is 0 Å². The van der Waals surface area contributed by atoms with Crippen LogP contribution in [0.5, 0.6) is 0 Å². The Balaban J connectivity index is 2.06. The lowest BCUT2D eigenvalue weighted by molar-refractivity contribution is 0.590. The quantitative estimate of drug-likeness (QED) is 0.774. The maximum atomic E-state index is 14.0. The van der Waals surface area contributed by atoms with Crippen LogP contribution >= 0.6 is 0 Å². The molecule has 0 saturated heterocycles. The lowest BCUT2D eigenvalue weighted by atomic mass is 10.0. The molecule has 0 unspecified atom stereocenters. The van der Waals surface area contributed by atoms with E-state index < -0.39 is 0 Å². The summed E-state index contributed by atoms with van der Waals surface area (Å²) in [5.41, 5.74) is 7.17. The first-order valence-corrected chi connectivity index (χ1v) is 5.21. The van der Waals surface area contributed by atoms with Crippen LogP contribution in [0.1, 0.15) is 18.4 Å². The van der Waals surface area contributed by atoms with Crippen molar-refractivity contribution in [3.8, 4) is 0 Å². The van der Waals surface area contributed by atoms with Crippen molar-refractivity contribution in [1.29, 1.82) is 0 Å². The average Bonchev–Trinajstić information content (AvgIpc) is 2.78. The fourth-order valence-electron chi connectivity index (χ4n) is 1.99. The van der Waals surface area contributed by atoms with Crippen LogP contribution in [0.3, 0.4) is 0 Å². The molecule has 15 heavy (non-hydrogen) atoms. The fourth-order valence-corrected chi connectivity index (χ4v) is 1.99. The summed E-state index contributed by atoms with van der Waals surface area (Å²) in [5.74, 6) is -0.144. The van der Waals surface area contributed by atoms with Crippen LogP contribution in [-0.4, -0.2) is 10.5 Å². The summed E-state index contributed by atoms with van der Waals surface area (Å²) in [4.78, 5) is 2.92. The summed E-state index contributed by atoms with van der Waals surface area (Å²) in [7, 11) is 0. The molecule has 0 amide bonds. The van der Waals surface area contributed by atoms with Gasteiger partial charge in [0.25, 0.3) is 0 Å². The number of hydrogen-bond donors (Lipinski definition) is 2. The molecule has 2 aromatic rings. The second kappa shape index (κ2) is 2.83. The second-order valence-electron chi connectivity index (χ2n) is 4.52. The number of benzene rings is 1. The molecule has 78 valence electrons. The fraction of sp³-hybridized carbons (Fsp3) is 0.333. The number of aromatic nitrogens is 1. The monoisotopic (exact) mass is 204 g/mol. The molecule has 1 heterocycles. The first-order chi connectivity index (χ1) is 7.18. The van der Waals surface area contributed by atoms with Crippen molar-refractivity contribution < 1.29 is 4.39 Å². The normalized spacial score (nSPS) is 18.3. The molecular weight excluding hydrogens is 191 g/mol. The Morgan fingerprint density at radius 3 is 2.87 bits per heavy atom. The summed E-state index contributed by atoms with van der Waals surface area (Å²) < 4.78 is 14.0. The van der Waals surface area contributed by atoms with E-state index in [1.54, 1.807) is 6.20 Å². The van der Waals surface area contributed by atoms with Crippen molar-refractivity contribution in [1.82, 2.24) is 4.98 Å². The minimum atomic E-state index is -0.144. The number of nitrogens with one attached hydrogen (secondary N) is 1. The van der Waals surface area contributed by atoms with Crippen molar-refractivity contribution in [3.05, 3.63) is 35.8 Å². The number of fused-ring (bicyclic) bond motifs is 1. The SMILES string of the molecule is NC1(Cc2ccc3cc[nH]c3c2F)CC1. The van der Waals surface area contributed by atoms with Gasteiger partial charge in [-0.3, -0.25) is 0 Å². The Labute approximate surface area is 87.3 Å². The number of rotatable bonds is 2. The molecule has 0 atom stereocenters. The van der Waals surface area contributed by atoms with Crippen molar-refractivity contribution in [2.45, 2.75) is 24.8 Å². The third-order valence-corrected chi connectivity index (χ3v) is 3.18. The zero-order valence-electron chi connectivity index (χ0n) is 8.39. The highest BCUT2D eigenvalue weighted by Gasteiger charge is 2.38. The molecule has 0 spiro atoms. The number of nitrogens with two attached hydrogens (primary N) is 1. The van der Waals surface area contributed by atoms with E-state index in [1.807, 2.05) is 18.2 Å². The molecule has 1 fully saturated rings. The minimum absolute atomic E-state index is 0.138. The highest BCUT2D eigenvalue weighted by atomic mass is 19.1. The number of H-pyrrole nitrogens is 1.